The van der Waals surface area contributed by atoms with Crippen molar-refractivity contribution >= 4 is 23.2 Å². The van der Waals surface area contributed by atoms with Gasteiger partial charge in [0, 0.05) is 18.1 Å². The van der Waals surface area contributed by atoms with Gasteiger partial charge in [-0.2, -0.15) is 0 Å². The Balaban J connectivity index is 1.96. The maximum Gasteiger partial charge on any atom is 0.238 e. The Kier molecular flexibility index (Phi) is 4.63. The SMILES string of the molecule is COc1ccc(Cl)cc1NC(=O)CN1CCC(O)C1. The number of carbonyl (C=O) groups is 1. The van der Waals surface area contributed by atoms with Crippen LogP contribution in [0.15, 0.2) is 18.2 Å². The summed E-state index contributed by atoms with van der Waals surface area (Å²) < 4.78 is 5.16. The number of aliphatic hydroxyl groups is 1. The first kappa shape index (κ1) is 14.1. The fourth-order valence-electron chi connectivity index (χ4n) is 2.13. The summed E-state index contributed by atoms with van der Waals surface area (Å²) in [6.45, 7) is 1.54. The smallest absolute Gasteiger partial charge is 0.238 e. The van der Waals surface area contributed by atoms with Gasteiger partial charge in [0.05, 0.1) is 25.4 Å². The van der Waals surface area contributed by atoms with Gasteiger partial charge in [0.25, 0.3) is 0 Å². The lowest BCUT2D eigenvalue weighted by atomic mass is 10.3. The highest BCUT2D eigenvalue weighted by molar-refractivity contribution is 6.31. The third-order valence-corrected chi connectivity index (χ3v) is 3.29. The van der Waals surface area contributed by atoms with Gasteiger partial charge in [0.15, 0.2) is 0 Å². The minimum absolute atomic E-state index is 0.144. The van der Waals surface area contributed by atoms with E-state index < -0.39 is 0 Å². The molecule has 2 N–H and O–H groups in total. The van der Waals surface area contributed by atoms with E-state index in [-0.39, 0.29) is 18.6 Å². The van der Waals surface area contributed by atoms with Gasteiger partial charge < -0.3 is 15.2 Å². The van der Waals surface area contributed by atoms with E-state index in [1.807, 2.05) is 4.90 Å². The largest absolute Gasteiger partial charge is 0.495 e. The molecule has 19 heavy (non-hydrogen) atoms. The molecule has 5 nitrogen and oxygen atoms in total. The minimum Gasteiger partial charge on any atom is -0.495 e. The van der Waals surface area contributed by atoms with Crippen molar-refractivity contribution in [3.63, 3.8) is 0 Å². The predicted octanol–water partition coefficient (Wildman–Crippen LogP) is 1.35. The highest BCUT2D eigenvalue weighted by Crippen LogP contribution is 2.27. The topological polar surface area (TPSA) is 61.8 Å². The molecule has 1 aliphatic rings. The Morgan fingerprint density at radius 2 is 2.42 bits per heavy atom. The fourth-order valence-corrected chi connectivity index (χ4v) is 2.30. The van der Waals surface area contributed by atoms with Crippen LogP contribution in [0.4, 0.5) is 5.69 Å². The molecule has 1 saturated heterocycles. The quantitative estimate of drug-likeness (QED) is 0.876. The standard InChI is InChI=1S/C13H17ClN2O3/c1-19-12-3-2-9(14)6-11(12)15-13(18)8-16-5-4-10(17)7-16/h2-3,6,10,17H,4-5,7-8H2,1H3,(H,15,18). The Morgan fingerprint density at radius 1 is 1.63 bits per heavy atom. The Hall–Kier alpha value is -1.30. The lowest BCUT2D eigenvalue weighted by Gasteiger charge is -2.15. The van der Waals surface area contributed by atoms with Crippen molar-refractivity contribution in [1.29, 1.82) is 0 Å². The van der Waals surface area contributed by atoms with Crippen LogP contribution >= 0.6 is 11.6 Å². The number of aliphatic hydroxyl groups excluding tert-OH is 1. The van der Waals surface area contributed by atoms with Crippen LogP contribution in [0, 0.1) is 0 Å². The number of nitrogens with one attached hydrogen (secondary N) is 1. The van der Waals surface area contributed by atoms with E-state index in [9.17, 15) is 9.90 Å². The summed E-state index contributed by atoms with van der Waals surface area (Å²) in [4.78, 5) is 13.8. The highest BCUT2D eigenvalue weighted by atomic mass is 35.5. The van der Waals surface area contributed by atoms with Crippen LogP contribution in [-0.2, 0) is 4.79 Å². The van der Waals surface area contributed by atoms with Crippen molar-refractivity contribution in [2.75, 3.05) is 32.1 Å². The van der Waals surface area contributed by atoms with E-state index in [0.717, 1.165) is 6.54 Å². The number of halogens is 1. The molecule has 0 aliphatic carbocycles. The summed E-state index contributed by atoms with van der Waals surface area (Å²) in [5.41, 5.74) is 0.555. The van der Waals surface area contributed by atoms with Gasteiger partial charge in [-0.15, -0.1) is 0 Å². The van der Waals surface area contributed by atoms with Crippen LogP contribution in [0.1, 0.15) is 6.42 Å². The van der Waals surface area contributed by atoms with Crippen LogP contribution in [-0.4, -0.2) is 48.8 Å². The third kappa shape index (κ3) is 3.83. The lowest BCUT2D eigenvalue weighted by molar-refractivity contribution is -0.117. The summed E-state index contributed by atoms with van der Waals surface area (Å²) in [6.07, 6.45) is 0.391. The molecular weight excluding hydrogens is 268 g/mol. The molecule has 1 aromatic rings. The second kappa shape index (κ2) is 6.23. The first-order chi connectivity index (χ1) is 9.08. The molecule has 1 atom stereocenters. The summed E-state index contributed by atoms with van der Waals surface area (Å²) >= 11 is 5.90. The van der Waals surface area contributed by atoms with E-state index in [2.05, 4.69) is 5.32 Å². The van der Waals surface area contributed by atoms with Crippen molar-refractivity contribution < 1.29 is 14.6 Å². The maximum atomic E-state index is 11.9. The monoisotopic (exact) mass is 284 g/mol. The van der Waals surface area contributed by atoms with E-state index in [1.54, 1.807) is 18.2 Å². The molecule has 0 saturated carbocycles. The molecule has 0 spiro atoms. The van der Waals surface area contributed by atoms with Crippen molar-refractivity contribution in [3.05, 3.63) is 23.2 Å². The zero-order valence-electron chi connectivity index (χ0n) is 10.7. The summed E-state index contributed by atoms with van der Waals surface area (Å²) in [5, 5.41) is 12.7. The normalized spacial score (nSPS) is 19.4. The summed E-state index contributed by atoms with van der Waals surface area (Å²) in [7, 11) is 1.54. The van der Waals surface area contributed by atoms with E-state index >= 15 is 0 Å². The van der Waals surface area contributed by atoms with Gasteiger partial charge in [-0.1, -0.05) is 11.6 Å². The Labute approximate surface area is 117 Å². The predicted molar refractivity (Wildman–Crippen MR) is 73.7 cm³/mol. The molecule has 1 aromatic carbocycles. The Bertz CT molecular complexity index is 467. The molecule has 104 valence electrons. The average molecular weight is 285 g/mol. The number of methoxy groups -OCH3 is 1. The number of anilines is 1. The molecule has 1 amide bonds. The van der Waals surface area contributed by atoms with Crippen molar-refractivity contribution in [2.24, 2.45) is 0 Å². The van der Waals surface area contributed by atoms with E-state index in [1.165, 1.54) is 7.11 Å². The van der Waals surface area contributed by atoms with Gasteiger partial charge >= 0.3 is 0 Å². The van der Waals surface area contributed by atoms with Crippen molar-refractivity contribution in [2.45, 2.75) is 12.5 Å². The number of β-amino-alcohol motifs (C(OH)–C–C–N with tert-alkyl or cyclic N) is 1. The molecule has 6 heteroatoms. The van der Waals surface area contributed by atoms with Gasteiger partial charge in [-0.25, -0.2) is 0 Å². The Morgan fingerprint density at radius 3 is 3.05 bits per heavy atom. The van der Waals surface area contributed by atoms with Crippen molar-refractivity contribution in [3.8, 4) is 5.75 Å². The number of amides is 1. The second-order valence-corrected chi connectivity index (χ2v) is 5.01. The van der Waals surface area contributed by atoms with Gasteiger partial charge in [-0.3, -0.25) is 9.69 Å². The van der Waals surface area contributed by atoms with Gasteiger partial charge in [0.2, 0.25) is 5.91 Å². The molecule has 0 radical (unpaired) electrons. The molecule has 2 rings (SSSR count). The summed E-state index contributed by atoms with van der Waals surface area (Å²) in [6, 6.07) is 5.06. The first-order valence-electron chi connectivity index (χ1n) is 6.12. The van der Waals surface area contributed by atoms with Crippen LogP contribution < -0.4 is 10.1 Å². The number of nitrogens with zero attached hydrogens (tertiary/aromatic N) is 1. The number of ether oxygens (including phenoxy) is 1. The highest BCUT2D eigenvalue weighted by Gasteiger charge is 2.22. The van der Waals surface area contributed by atoms with Crippen LogP contribution in [0.2, 0.25) is 5.02 Å². The summed E-state index contributed by atoms with van der Waals surface area (Å²) in [5.74, 6) is 0.425. The fraction of sp³-hybridized carbons (Fsp3) is 0.462. The molecule has 0 bridgehead atoms. The number of benzene rings is 1. The molecule has 1 heterocycles. The molecule has 1 aliphatic heterocycles. The zero-order valence-corrected chi connectivity index (χ0v) is 11.5. The molecule has 0 aromatic heterocycles. The second-order valence-electron chi connectivity index (χ2n) is 4.57. The van der Waals surface area contributed by atoms with Crippen molar-refractivity contribution in [1.82, 2.24) is 4.90 Å². The molecular formula is C13H17ClN2O3. The zero-order chi connectivity index (χ0) is 13.8. The first-order valence-corrected chi connectivity index (χ1v) is 6.50. The van der Waals surface area contributed by atoms with Crippen LogP contribution in [0.5, 0.6) is 5.75 Å². The van der Waals surface area contributed by atoms with E-state index in [0.29, 0.717) is 29.4 Å². The van der Waals surface area contributed by atoms with Crippen LogP contribution in [0.25, 0.3) is 0 Å². The van der Waals surface area contributed by atoms with Crippen LogP contribution in [0.3, 0.4) is 0 Å². The van der Waals surface area contributed by atoms with Gasteiger partial charge in [-0.05, 0) is 24.6 Å². The number of carbonyl (C=O) groups excluding carboxylic acids is 1. The average Bonchev–Trinajstić information content (AvgIpc) is 2.75. The number of rotatable bonds is 4. The van der Waals surface area contributed by atoms with E-state index in [4.69, 9.17) is 16.3 Å². The lowest BCUT2D eigenvalue weighted by Crippen LogP contribution is -2.32. The number of hydrogen-bond donors (Lipinski definition) is 2. The minimum atomic E-state index is -0.325. The van der Waals surface area contributed by atoms with Gasteiger partial charge in [0.1, 0.15) is 5.75 Å². The number of hydrogen-bond acceptors (Lipinski definition) is 4. The molecule has 1 unspecified atom stereocenters. The number of likely N-dealkylation sites (tertiary alicyclic amines) is 1. The molecule has 1 fully saturated rings. The maximum absolute atomic E-state index is 11.9. The third-order valence-electron chi connectivity index (χ3n) is 3.05.